The van der Waals surface area contributed by atoms with E-state index < -0.39 is 5.97 Å². The summed E-state index contributed by atoms with van der Waals surface area (Å²) in [6.45, 7) is 2.18. The fourth-order valence-corrected chi connectivity index (χ4v) is 3.65. The van der Waals surface area contributed by atoms with Crippen molar-refractivity contribution in [3.8, 4) is 11.5 Å². The topological polar surface area (TPSA) is 55.8 Å². The van der Waals surface area contributed by atoms with Crippen molar-refractivity contribution >= 4 is 40.9 Å². The van der Waals surface area contributed by atoms with E-state index >= 15 is 0 Å². The van der Waals surface area contributed by atoms with Crippen LogP contribution in [-0.2, 0) is 4.79 Å². The van der Waals surface area contributed by atoms with E-state index in [1.807, 2.05) is 25.1 Å². The Labute approximate surface area is 167 Å². The molecule has 0 aliphatic rings. The van der Waals surface area contributed by atoms with Crippen LogP contribution in [0.4, 0.5) is 0 Å². The number of benzene rings is 2. The zero-order chi connectivity index (χ0) is 18.9. The molecule has 0 amide bonds. The maximum Gasteiger partial charge on any atom is 0.341 e. The third-order valence-electron chi connectivity index (χ3n) is 3.46. The molecular weight excluding hydrogens is 395 g/mol. The molecule has 0 aromatic heterocycles. The molecule has 1 N–H and O–H groups in total. The van der Waals surface area contributed by atoms with Gasteiger partial charge in [0.2, 0.25) is 0 Å². The van der Waals surface area contributed by atoms with E-state index in [-0.39, 0.29) is 6.61 Å². The number of thioether (sulfide) groups is 1. The number of aliphatic carboxylic acids is 1. The number of carboxylic acids is 1. The first-order valence-electron chi connectivity index (χ1n) is 8.11. The number of carbonyl (C=O) groups is 1. The molecule has 0 heterocycles. The number of carboxylic acid groups (broad SMARTS) is 1. The molecule has 7 heteroatoms. The van der Waals surface area contributed by atoms with E-state index in [9.17, 15) is 4.79 Å². The third kappa shape index (κ3) is 6.98. The molecule has 4 nitrogen and oxygen atoms in total. The fraction of sp³-hybridized carbons (Fsp3) is 0.316. The van der Waals surface area contributed by atoms with E-state index in [0.717, 1.165) is 29.1 Å². The van der Waals surface area contributed by atoms with Crippen LogP contribution in [0.15, 0.2) is 41.3 Å². The Kier molecular flexibility index (Phi) is 8.42. The SMILES string of the molecule is Cc1cc(SCCCCOc2ccc(Cl)cc2Cl)ccc1OCC(=O)O. The summed E-state index contributed by atoms with van der Waals surface area (Å²) in [7, 11) is 0. The van der Waals surface area contributed by atoms with Crippen molar-refractivity contribution in [1.82, 2.24) is 0 Å². The summed E-state index contributed by atoms with van der Waals surface area (Å²) in [5.41, 5.74) is 0.928. The van der Waals surface area contributed by atoms with Gasteiger partial charge in [-0.1, -0.05) is 23.2 Å². The van der Waals surface area contributed by atoms with Gasteiger partial charge >= 0.3 is 5.97 Å². The largest absolute Gasteiger partial charge is 0.492 e. The minimum Gasteiger partial charge on any atom is -0.492 e. The van der Waals surface area contributed by atoms with Crippen molar-refractivity contribution in [2.75, 3.05) is 19.0 Å². The number of rotatable bonds is 10. The number of halogens is 2. The highest BCUT2D eigenvalue weighted by Crippen LogP contribution is 2.28. The molecule has 2 aromatic carbocycles. The van der Waals surface area contributed by atoms with Crippen molar-refractivity contribution in [3.63, 3.8) is 0 Å². The van der Waals surface area contributed by atoms with Crippen LogP contribution in [0.3, 0.4) is 0 Å². The Balaban J connectivity index is 1.68. The van der Waals surface area contributed by atoms with Gasteiger partial charge in [0.05, 0.1) is 11.6 Å². The van der Waals surface area contributed by atoms with Gasteiger partial charge in [-0.2, -0.15) is 0 Å². The van der Waals surface area contributed by atoms with E-state index in [1.165, 1.54) is 0 Å². The van der Waals surface area contributed by atoms with Gasteiger partial charge in [-0.05, 0) is 67.5 Å². The zero-order valence-electron chi connectivity index (χ0n) is 14.3. The molecule has 0 bridgehead atoms. The quantitative estimate of drug-likeness (QED) is 0.398. The first-order valence-corrected chi connectivity index (χ1v) is 9.86. The van der Waals surface area contributed by atoms with Crippen LogP contribution in [0.1, 0.15) is 18.4 Å². The van der Waals surface area contributed by atoms with Crippen molar-refractivity contribution in [1.29, 1.82) is 0 Å². The van der Waals surface area contributed by atoms with Gasteiger partial charge in [-0.15, -0.1) is 11.8 Å². The Morgan fingerprint density at radius 2 is 1.85 bits per heavy atom. The second kappa shape index (κ2) is 10.6. The summed E-state index contributed by atoms with van der Waals surface area (Å²) in [5.74, 6) is 1.23. The summed E-state index contributed by atoms with van der Waals surface area (Å²) in [6, 6.07) is 11.0. The van der Waals surface area contributed by atoms with Crippen LogP contribution in [0, 0.1) is 6.92 Å². The molecule has 0 unspecified atom stereocenters. The molecule has 0 spiro atoms. The van der Waals surface area contributed by atoms with Crippen molar-refractivity contribution in [2.24, 2.45) is 0 Å². The van der Waals surface area contributed by atoms with Crippen LogP contribution in [0.2, 0.25) is 10.0 Å². The number of hydrogen-bond acceptors (Lipinski definition) is 4. The average Bonchev–Trinajstić information content (AvgIpc) is 2.58. The molecule has 0 fully saturated rings. The molecule has 0 radical (unpaired) electrons. The number of hydrogen-bond donors (Lipinski definition) is 1. The molecule has 0 saturated heterocycles. The lowest BCUT2D eigenvalue weighted by molar-refractivity contribution is -0.139. The lowest BCUT2D eigenvalue weighted by Gasteiger charge is -2.10. The second-order valence-corrected chi connectivity index (χ2v) is 7.60. The Hall–Kier alpha value is -1.56. The average molecular weight is 415 g/mol. The molecular formula is C19H20Cl2O4S. The van der Waals surface area contributed by atoms with Crippen LogP contribution in [0.5, 0.6) is 11.5 Å². The van der Waals surface area contributed by atoms with Crippen molar-refractivity contribution < 1.29 is 19.4 Å². The number of ether oxygens (including phenoxy) is 2. The monoisotopic (exact) mass is 414 g/mol. The zero-order valence-corrected chi connectivity index (χ0v) is 16.7. The van der Waals surface area contributed by atoms with E-state index in [1.54, 1.807) is 30.0 Å². The molecule has 0 saturated carbocycles. The van der Waals surface area contributed by atoms with E-state index in [4.69, 9.17) is 37.8 Å². The first kappa shape index (κ1) is 20.7. The van der Waals surface area contributed by atoms with Gasteiger partial charge in [0, 0.05) is 9.92 Å². The van der Waals surface area contributed by atoms with E-state index in [2.05, 4.69) is 0 Å². The fourth-order valence-electron chi connectivity index (χ4n) is 2.18. The standard InChI is InChI=1S/C19H20Cl2O4S/c1-13-10-15(5-7-17(13)25-12-19(22)23)26-9-3-2-8-24-18-6-4-14(20)11-16(18)21/h4-7,10-11H,2-3,8-9,12H2,1H3,(H,22,23). The predicted molar refractivity (Wildman–Crippen MR) is 106 cm³/mol. The molecule has 2 aromatic rings. The minimum atomic E-state index is -0.982. The highest BCUT2D eigenvalue weighted by molar-refractivity contribution is 7.99. The normalized spacial score (nSPS) is 10.6. The van der Waals surface area contributed by atoms with E-state index in [0.29, 0.717) is 28.2 Å². The lowest BCUT2D eigenvalue weighted by atomic mass is 10.2. The summed E-state index contributed by atoms with van der Waals surface area (Å²) < 4.78 is 10.9. The molecule has 140 valence electrons. The molecule has 0 atom stereocenters. The smallest absolute Gasteiger partial charge is 0.341 e. The maximum atomic E-state index is 10.6. The van der Waals surface area contributed by atoms with Crippen molar-refractivity contribution in [2.45, 2.75) is 24.7 Å². The highest BCUT2D eigenvalue weighted by atomic mass is 35.5. The highest BCUT2D eigenvalue weighted by Gasteiger charge is 2.05. The molecule has 26 heavy (non-hydrogen) atoms. The van der Waals surface area contributed by atoms with Crippen molar-refractivity contribution in [3.05, 3.63) is 52.0 Å². The molecule has 0 aliphatic heterocycles. The summed E-state index contributed by atoms with van der Waals surface area (Å²) in [5, 5.41) is 9.77. The van der Waals surface area contributed by atoms with Crippen LogP contribution >= 0.6 is 35.0 Å². The Morgan fingerprint density at radius 1 is 1.08 bits per heavy atom. The number of aryl methyl sites for hydroxylation is 1. The molecule has 0 aliphatic carbocycles. The van der Waals surface area contributed by atoms with Crippen LogP contribution in [0.25, 0.3) is 0 Å². The van der Waals surface area contributed by atoms with Gasteiger partial charge in [0.25, 0.3) is 0 Å². The van der Waals surface area contributed by atoms with Gasteiger partial charge in [-0.25, -0.2) is 4.79 Å². The Bertz CT molecular complexity index is 752. The summed E-state index contributed by atoms with van der Waals surface area (Å²) in [6.07, 6.45) is 1.93. The maximum absolute atomic E-state index is 10.6. The van der Waals surface area contributed by atoms with Crippen LogP contribution < -0.4 is 9.47 Å². The van der Waals surface area contributed by atoms with Gasteiger partial charge in [0.1, 0.15) is 11.5 Å². The molecule has 2 rings (SSSR count). The lowest BCUT2D eigenvalue weighted by Crippen LogP contribution is -2.09. The van der Waals surface area contributed by atoms with Gasteiger partial charge in [-0.3, -0.25) is 0 Å². The predicted octanol–water partition coefficient (Wildman–Crippen LogP) is 5.72. The van der Waals surface area contributed by atoms with Gasteiger partial charge in [0.15, 0.2) is 6.61 Å². The Morgan fingerprint density at radius 3 is 2.54 bits per heavy atom. The summed E-state index contributed by atoms with van der Waals surface area (Å²) >= 11 is 13.7. The summed E-state index contributed by atoms with van der Waals surface area (Å²) in [4.78, 5) is 11.7. The third-order valence-corrected chi connectivity index (χ3v) is 5.07. The van der Waals surface area contributed by atoms with Gasteiger partial charge < -0.3 is 14.6 Å². The second-order valence-electron chi connectivity index (χ2n) is 5.59. The number of unbranched alkanes of at least 4 members (excludes halogenated alkanes) is 1. The van der Waals surface area contributed by atoms with Crippen LogP contribution in [-0.4, -0.2) is 30.0 Å². The first-order chi connectivity index (χ1) is 12.5. The minimum absolute atomic E-state index is 0.328.